The Balaban J connectivity index is 2.25. The highest BCUT2D eigenvalue weighted by Gasteiger charge is 2.28. The minimum Gasteiger partial charge on any atom is -0.469 e. The number of hydrogen-bond donors (Lipinski definition) is 0. The number of carbonyl (C=O) groups is 1. The van der Waals surface area contributed by atoms with Gasteiger partial charge in [-0.05, 0) is 12.8 Å². The molecule has 0 aromatic carbocycles. The Morgan fingerprint density at radius 1 is 1.58 bits per heavy atom. The van der Waals surface area contributed by atoms with Gasteiger partial charge in [-0.3, -0.25) is 9.59 Å². The Bertz CT molecular complexity index is 544. The maximum atomic E-state index is 11.8. The van der Waals surface area contributed by atoms with Crippen molar-refractivity contribution in [3.8, 4) is 0 Å². The Labute approximate surface area is 115 Å². The highest BCUT2D eigenvalue weighted by molar-refractivity contribution is 6.33. The van der Waals surface area contributed by atoms with Crippen molar-refractivity contribution >= 4 is 23.3 Å². The number of aryl methyl sites for hydroxylation is 1. The number of anilines is 1. The Morgan fingerprint density at radius 3 is 3.00 bits per heavy atom. The van der Waals surface area contributed by atoms with Crippen molar-refractivity contribution in [2.45, 2.75) is 12.8 Å². The predicted molar refractivity (Wildman–Crippen MR) is 71.4 cm³/mol. The van der Waals surface area contributed by atoms with Gasteiger partial charge in [0.25, 0.3) is 5.56 Å². The summed E-state index contributed by atoms with van der Waals surface area (Å²) in [6.45, 7) is 1.25. The van der Waals surface area contributed by atoms with Crippen LogP contribution < -0.4 is 10.5 Å². The van der Waals surface area contributed by atoms with Crippen molar-refractivity contribution in [1.82, 2.24) is 9.78 Å². The van der Waals surface area contributed by atoms with Crippen LogP contribution in [-0.4, -0.2) is 35.9 Å². The van der Waals surface area contributed by atoms with Crippen molar-refractivity contribution in [3.63, 3.8) is 0 Å². The molecule has 0 bridgehead atoms. The monoisotopic (exact) mass is 285 g/mol. The Morgan fingerprint density at radius 2 is 2.32 bits per heavy atom. The fourth-order valence-corrected chi connectivity index (χ4v) is 2.57. The lowest BCUT2D eigenvalue weighted by atomic mass is 9.98. The van der Waals surface area contributed by atoms with Gasteiger partial charge in [-0.15, -0.1) is 0 Å². The fourth-order valence-electron chi connectivity index (χ4n) is 2.28. The first-order chi connectivity index (χ1) is 9.04. The first-order valence-electron chi connectivity index (χ1n) is 6.09. The number of methoxy groups -OCH3 is 1. The second-order valence-electron chi connectivity index (χ2n) is 4.58. The quantitative estimate of drug-likeness (QED) is 0.753. The van der Waals surface area contributed by atoms with E-state index in [1.165, 1.54) is 11.8 Å². The van der Waals surface area contributed by atoms with Crippen LogP contribution in [0.5, 0.6) is 0 Å². The molecule has 19 heavy (non-hydrogen) atoms. The van der Waals surface area contributed by atoms with E-state index in [1.807, 2.05) is 4.90 Å². The molecule has 0 aliphatic carbocycles. The molecular formula is C12H16ClN3O3. The van der Waals surface area contributed by atoms with E-state index in [-0.39, 0.29) is 22.5 Å². The molecule has 1 aliphatic rings. The summed E-state index contributed by atoms with van der Waals surface area (Å²) in [5.41, 5.74) is 0.248. The van der Waals surface area contributed by atoms with Gasteiger partial charge < -0.3 is 9.64 Å². The number of carbonyl (C=O) groups excluding carboxylic acids is 1. The van der Waals surface area contributed by atoms with Crippen molar-refractivity contribution in [1.29, 1.82) is 0 Å². The number of piperidine rings is 1. The van der Waals surface area contributed by atoms with E-state index in [0.717, 1.165) is 19.4 Å². The van der Waals surface area contributed by atoms with E-state index in [9.17, 15) is 9.59 Å². The molecule has 1 aliphatic heterocycles. The van der Waals surface area contributed by atoms with Crippen LogP contribution in [0, 0.1) is 5.92 Å². The van der Waals surface area contributed by atoms with E-state index in [4.69, 9.17) is 16.3 Å². The summed E-state index contributed by atoms with van der Waals surface area (Å²) >= 11 is 6.06. The lowest BCUT2D eigenvalue weighted by Crippen LogP contribution is -2.40. The Hall–Kier alpha value is -1.56. The number of hydrogen-bond acceptors (Lipinski definition) is 5. The van der Waals surface area contributed by atoms with E-state index in [0.29, 0.717) is 12.2 Å². The molecule has 1 aromatic rings. The third-order valence-corrected chi connectivity index (χ3v) is 3.71. The third-order valence-electron chi connectivity index (χ3n) is 3.36. The van der Waals surface area contributed by atoms with Crippen LogP contribution in [0.2, 0.25) is 5.02 Å². The van der Waals surface area contributed by atoms with Gasteiger partial charge in [0.05, 0.1) is 24.9 Å². The predicted octanol–water partition coefficient (Wildman–Crippen LogP) is 0.823. The number of aromatic nitrogens is 2. The van der Waals surface area contributed by atoms with Crippen molar-refractivity contribution in [3.05, 3.63) is 21.6 Å². The lowest BCUT2D eigenvalue weighted by Gasteiger charge is -2.33. The summed E-state index contributed by atoms with van der Waals surface area (Å²) in [4.78, 5) is 25.3. The number of ether oxygens (including phenoxy) is 1. The van der Waals surface area contributed by atoms with Crippen LogP contribution in [0.3, 0.4) is 0 Å². The largest absolute Gasteiger partial charge is 0.469 e. The molecule has 0 N–H and O–H groups in total. The lowest BCUT2D eigenvalue weighted by molar-refractivity contribution is -0.145. The zero-order valence-electron chi connectivity index (χ0n) is 10.9. The molecule has 7 heteroatoms. The second kappa shape index (κ2) is 5.61. The van der Waals surface area contributed by atoms with Gasteiger partial charge in [0.15, 0.2) is 0 Å². The molecule has 1 aromatic heterocycles. The topological polar surface area (TPSA) is 64.4 Å². The maximum Gasteiger partial charge on any atom is 0.310 e. The van der Waals surface area contributed by atoms with Crippen LogP contribution in [0.15, 0.2) is 11.0 Å². The Kier molecular flexibility index (Phi) is 4.09. The third kappa shape index (κ3) is 2.73. The SMILES string of the molecule is COC(=O)[C@H]1CCCN(c2cnn(C)c(=O)c2Cl)C1. The molecule has 1 saturated heterocycles. The minimum atomic E-state index is -0.334. The minimum absolute atomic E-state index is 0.142. The van der Waals surface area contributed by atoms with Gasteiger partial charge in [0, 0.05) is 20.1 Å². The smallest absolute Gasteiger partial charge is 0.310 e. The molecule has 104 valence electrons. The van der Waals surface area contributed by atoms with Gasteiger partial charge in [-0.25, -0.2) is 4.68 Å². The first-order valence-corrected chi connectivity index (χ1v) is 6.47. The number of halogens is 1. The summed E-state index contributed by atoms with van der Waals surface area (Å²) < 4.78 is 5.95. The zero-order valence-corrected chi connectivity index (χ0v) is 11.7. The average molecular weight is 286 g/mol. The first kappa shape index (κ1) is 13.9. The average Bonchev–Trinajstić information content (AvgIpc) is 2.44. The van der Waals surface area contributed by atoms with E-state index >= 15 is 0 Å². The van der Waals surface area contributed by atoms with Crippen molar-refractivity contribution < 1.29 is 9.53 Å². The molecule has 0 radical (unpaired) electrons. The molecule has 0 unspecified atom stereocenters. The molecule has 1 atom stereocenters. The van der Waals surface area contributed by atoms with Crippen molar-refractivity contribution in [2.24, 2.45) is 13.0 Å². The maximum absolute atomic E-state index is 11.8. The van der Waals surface area contributed by atoms with Gasteiger partial charge >= 0.3 is 5.97 Å². The highest BCUT2D eigenvalue weighted by atomic mass is 35.5. The number of esters is 1. The molecule has 6 nitrogen and oxygen atoms in total. The van der Waals surface area contributed by atoms with Crippen LogP contribution in [-0.2, 0) is 16.6 Å². The van der Waals surface area contributed by atoms with E-state index in [1.54, 1.807) is 13.2 Å². The molecule has 2 rings (SSSR count). The number of rotatable bonds is 2. The normalized spacial score (nSPS) is 19.3. The molecule has 1 fully saturated rings. The van der Waals surface area contributed by atoms with Crippen molar-refractivity contribution in [2.75, 3.05) is 25.1 Å². The summed E-state index contributed by atoms with van der Waals surface area (Å²) in [5.74, 6) is -0.406. The molecule has 0 spiro atoms. The van der Waals surface area contributed by atoms with Crippen LogP contribution in [0.25, 0.3) is 0 Å². The zero-order chi connectivity index (χ0) is 14.0. The van der Waals surface area contributed by atoms with E-state index in [2.05, 4.69) is 5.10 Å². The van der Waals surface area contributed by atoms with Crippen LogP contribution >= 0.6 is 11.6 Å². The fraction of sp³-hybridized carbons (Fsp3) is 0.583. The van der Waals surface area contributed by atoms with Gasteiger partial charge in [0.1, 0.15) is 5.02 Å². The van der Waals surface area contributed by atoms with Crippen LogP contribution in [0.1, 0.15) is 12.8 Å². The summed E-state index contributed by atoms with van der Waals surface area (Å²) in [7, 11) is 2.93. The summed E-state index contributed by atoms with van der Waals surface area (Å²) in [5, 5.41) is 4.11. The van der Waals surface area contributed by atoms with Crippen LogP contribution in [0.4, 0.5) is 5.69 Å². The standard InChI is InChI=1S/C12H16ClN3O3/c1-15-11(17)10(13)9(6-14-15)16-5-3-4-8(7-16)12(18)19-2/h6,8H,3-5,7H2,1-2H3/t8-/m0/s1. The second-order valence-corrected chi connectivity index (χ2v) is 4.96. The van der Waals surface area contributed by atoms with Gasteiger partial charge in [-0.2, -0.15) is 5.10 Å². The van der Waals surface area contributed by atoms with E-state index < -0.39 is 0 Å². The molecule has 0 saturated carbocycles. The summed E-state index contributed by atoms with van der Waals surface area (Å²) in [6.07, 6.45) is 3.20. The number of nitrogens with zero attached hydrogens (tertiary/aromatic N) is 3. The molecule has 0 amide bonds. The molecular weight excluding hydrogens is 270 g/mol. The van der Waals surface area contributed by atoms with Gasteiger partial charge in [-0.1, -0.05) is 11.6 Å². The van der Waals surface area contributed by atoms with Gasteiger partial charge in [0.2, 0.25) is 0 Å². The molecule has 2 heterocycles. The summed E-state index contributed by atoms with van der Waals surface area (Å²) in [6, 6.07) is 0. The highest BCUT2D eigenvalue weighted by Crippen LogP contribution is 2.27.